The molecular formula is C18H23N5O3. The molecule has 0 atom stereocenters. The predicted molar refractivity (Wildman–Crippen MR) is 99.5 cm³/mol. The van der Waals surface area contributed by atoms with Crippen molar-refractivity contribution in [2.75, 3.05) is 23.3 Å². The van der Waals surface area contributed by atoms with Crippen molar-refractivity contribution < 1.29 is 4.79 Å². The first-order valence-electron chi connectivity index (χ1n) is 8.62. The van der Waals surface area contributed by atoms with Crippen LogP contribution in [0.25, 0.3) is 0 Å². The van der Waals surface area contributed by atoms with Gasteiger partial charge in [-0.3, -0.25) is 18.7 Å². The fourth-order valence-corrected chi connectivity index (χ4v) is 3.17. The number of hydrogen-bond acceptors (Lipinski definition) is 5. The number of aryl methyl sites for hydroxylation is 1. The minimum absolute atomic E-state index is 0.0427. The molecule has 0 aliphatic carbocycles. The van der Waals surface area contributed by atoms with Crippen LogP contribution in [0.15, 0.2) is 34.0 Å². The zero-order chi connectivity index (χ0) is 18.8. The van der Waals surface area contributed by atoms with Crippen LogP contribution in [0.2, 0.25) is 0 Å². The fourth-order valence-electron chi connectivity index (χ4n) is 3.17. The van der Waals surface area contributed by atoms with Gasteiger partial charge in [0.2, 0.25) is 5.91 Å². The highest BCUT2D eigenvalue weighted by Gasteiger charge is 2.26. The lowest BCUT2D eigenvalue weighted by atomic mass is 9.96. The smallest absolute Gasteiger partial charge is 0.332 e. The Morgan fingerprint density at radius 3 is 2.46 bits per heavy atom. The number of pyridine rings is 1. The Kier molecular flexibility index (Phi) is 4.92. The monoisotopic (exact) mass is 357 g/mol. The van der Waals surface area contributed by atoms with Crippen LogP contribution in [0.5, 0.6) is 0 Å². The Labute approximate surface area is 151 Å². The summed E-state index contributed by atoms with van der Waals surface area (Å²) in [4.78, 5) is 42.6. The summed E-state index contributed by atoms with van der Waals surface area (Å²) in [5, 5.41) is 2.85. The van der Waals surface area contributed by atoms with Crippen molar-refractivity contribution >= 4 is 17.5 Å². The summed E-state index contributed by atoms with van der Waals surface area (Å²) in [7, 11) is 3.11. The summed E-state index contributed by atoms with van der Waals surface area (Å²) >= 11 is 0. The average Bonchev–Trinajstić information content (AvgIpc) is 2.65. The standard InChI is InChI=1S/C18H23N5O3/c1-12-4-5-14(19-11-12)20-17(25)13-6-8-23(9-7-13)15-10-16(24)22(3)18(26)21(15)2/h4-5,10-11,13H,6-9H2,1-3H3,(H,19,20,25). The fraction of sp³-hybridized carbons (Fsp3) is 0.444. The van der Waals surface area contributed by atoms with Crippen LogP contribution in [-0.2, 0) is 18.9 Å². The zero-order valence-corrected chi connectivity index (χ0v) is 15.2. The Bertz CT molecular complexity index is 921. The molecule has 1 saturated heterocycles. The maximum absolute atomic E-state index is 12.4. The second kappa shape index (κ2) is 7.15. The molecule has 26 heavy (non-hydrogen) atoms. The lowest BCUT2D eigenvalue weighted by molar-refractivity contribution is -0.120. The van der Waals surface area contributed by atoms with Crippen molar-refractivity contribution in [2.45, 2.75) is 19.8 Å². The molecule has 1 N–H and O–H groups in total. The molecule has 0 unspecified atom stereocenters. The molecule has 2 aromatic rings. The summed E-state index contributed by atoms with van der Waals surface area (Å²) in [6, 6.07) is 5.16. The van der Waals surface area contributed by atoms with Crippen molar-refractivity contribution in [2.24, 2.45) is 20.0 Å². The first kappa shape index (κ1) is 17.9. The van der Waals surface area contributed by atoms with E-state index in [0.29, 0.717) is 37.6 Å². The number of hydrogen-bond donors (Lipinski definition) is 1. The topological polar surface area (TPSA) is 89.2 Å². The van der Waals surface area contributed by atoms with E-state index in [1.807, 2.05) is 17.9 Å². The summed E-state index contributed by atoms with van der Waals surface area (Å²) in [5.41, 5.74) is 0.363. The third-order valence-corrected chi connectivity index (χ3v) is 4.85. The maximum atomic E-state index is 12.4. The van der Waals surface area contributed by atoms with Crippen LogP contribution >= 0.6 is 0 Å². The largest absolute Gasteiger partial charge is 0.358 e. The highest BCUT2D eigenvalue weighted by molar-refractivity contribution is 5.91. The van der Waals surface area contributed by atoms with Crippen LogP contribution in [0.4, 0.5) is 11.6 Å². The first-order chi connectivity index (χ1) is 12.4. The molecule has 8 heteroatoms. The normalized spacial score (nSPS) is 15.1. The molecule has 138 valence electrons. The van der Waals surface area contributed by atoms with E-state index < -0.39 is 0 Å². The van der Waals surface area contributed by atoms with Gasteiger partial charge in [-0.1, -0.05) is 6.07 Å². The minimum Gasteiger partial charge on any atom is -0.358 e. The van der Waals surface area contributed by atoms with Gasteiger partial charge in [0.1, 0.15) is 11.6 Å². The third kappa shape index (κ3) is 3.54. The summed E-state index contributed by atoms with van der Waals surface area (Å²) < 4.78 is 2.55. The van der Waals surface area contributed by atoms with Crippen LogP contribution in [0, 0.1) is 12.8 Å². The van der Waals surface area contributed by atoms with Gasteiger partial charge in [-0.15, -0.1) is 0 Å². The lowest BCUT2D eigenvalue weighted by Crippen LogP contribution is -2.44. The van der Waals surface area contributed by atoms with Gasteiger partial charge in [-0.25, -0.2) is 9.78 Å². The molecule has 8 nitrogen and oxygen atoms in total. The molecule has 0 bridgehead atoms. The van der Waals surface area contributed by atoms with E-state index in [1.165, 1.54) is 17.7 Å². The Morgan fingerprint density at radius 2 is 1.85 bits per heavy atom. The van der Waals surface area contributed by atoms with Gasteiger partial charge in [0.05, 0.1) is 0 Å². The maximum Gasteiger partial charge on any atom is 0.332 e. The molecule has 0 spiro atoms. The molecule has 1 amide bonds. The Hall–Kier alpha value is -2.90. The van der Waals surface area contributed by atoms with Crippen molar-refractivity contribution in [3.63, 3.8) is 0 Å². The van der Waals surface area contributed by atoms with Gasteiger partial charge in [0.15, 0.2) is 0 Å². The quantitative estimate of drug-likeness (QED) is 0.871. The number of aromatic nitrogens is 3. The van der Waals surface area contributed by atoms with Crippen molar-refractivity contribution in [1.29, 1.82) is 0 Å². The van der Waals surface area contributed by atoms with Gasteiger partial charge < -0.3 is 10.2 Å². The van der Waals surface area contributed by atoms with E-state index in [9.17, 15) is 14.4 Å². The number of carbonyl (C=O) groups excluding carboxylic acids is 1. The highest BCUT2D eigenvalue weighted by Crippen LogP contribution is 2.22. The van der Waals surface area contributed by atoms with E-state index in [0.717, 1.165) is 10.1 Å². The van der Waals surface area contributed by atoms with Gasteiger partial charge in [-0.05, 0) is 31.4 Å². The number of anilines is 2. The van der Waals surface area contributed by atoms with Crippen LogP contribution < -0.4 is 21.5 Å². The van der Waals surface area contributed by atoms with Crippen molar-refractivity contribution in [1.82, 2.24) is 14.1 Å². The van der Waals surface area contributed by atoms with Gasteiger partial charge >= 0.3 is 5.69 Å². The summed E-state index contributed by atoms with van der Waals surface area (Å²) in [6.07, 6.45) is 3.02. The second-order valence-corrected chi connectivity index (χ2v) is 6.71. The predicted octanol–water partition coefficient (Wildman–Crippen LogP) is 0.643. The molecule has 1 fully saturated rings. The van der Waals surface area contributed by atoms with Gasteiger partial charge in [-0.2, -0.15) is 0 Å². The molecule has 3 heterocycles. The molecule has 2 aromatic heterocycles. The third-order valence-electron chi connectivity index (χ3n) is 4.85. The number of carbonyl (C=O) groups is 1. The van der Waals surface area contributed by atoms with E-state index in [-0.39, 0.29) is 23.1 Å². The van der Waals surface area contributed by atoms with E-state index in [4.69, 9.17) is 0 Å². The van der Waals surface area contributed by atoms with Crippen LogP contribution in [0.1, 0.15) is 18.4 Å². The lowest BCUT2D eigenvalue weighted by Gasteiger charge is -2.33. The second-order valence-electron chi connectivity index (χ2n) is 6.71. The molecular weight excluding hydrogens is 334 g/mol. The molecule has 0 radical (unpaired) electrons. The first-order valence-corrected chi connectivity index (χ1v) is 8.62. The molecule has 0 aromatic carbocycles. The number of rotatable bonds is 3. The molecule has 1 aliphatic heterocycles. The summed E-state index contributed by atoms with van der Waals surface area (Å²) in [5.74, 6) is 0.992. The number of piperidine rings is 1. The minimum atomic E-state index is -0.349. The number of nitrogens with zero attached hydrogens (tertiary/aromatic N) is 4. The van der Waals surface area contributed by atoms with E-state index in [1.54, 1.807) is 19.3 Å². The Balaban J connectivity index is 1.66. The van der Waals surface area contributed by atoms with E-state index >= 15 is 0 Å². The SMILES string of the molecule is Cc1ccc(NC(=O)C2CCN(c3cc(=O)n(C)c(=O)n3C)CC2)nc1. The molecule has 3 rings (SSSR count). The summed E-state index contributed by atoms with van der Waals surface area (Å²) in [6.45, 7) is 3.16. The van der Waals surface area contributed by atoms with Crippen molar-refractivity contribution in [3.8, 4) is 0 Å². The molecule has 0 saturated carbocycles. The van der Waals surface area contributed by atoms with Crippen molar-refractivity contribution in [3.05, 3.63) is 50.8 Å². The number of nitrogens with one attached hydrogen (secondary N) is 1. The zero-order valence-electron chi connectivity index (χ0n) is 15.2. The number of amides is 1. The van der Waals surface area contributed by atoms with E-state index in [2.05, 4.69) is 10.3 Å². The average molecular weight is 357 g/mol. The molecule has 1 aliphatic rings. The van der Waals surface area contributed by atoms with Gasteiger partial charge in [0.25, 0.3) is 5.56 Å². The van der Waals surface area contributed by atoms with Crippen LogP contribution in [0.3, 0.4) is 0 Å². The van der Waals surface area contributed by atoms with Crippen LogP contribution in [-0.4, -0.2) is 33.1 Å². The highest BCUT2D eigenvalue weighted by atomic mass is 16.2. The Morgan fingerprint density at radius 1 is 1.15 bits per heavy atom. The van der Waals surface area contributed by atoms with Gasteiger partial charge in [0, 0.05) is 45.4 Å².